The Morgan fingerprint density at radius 3 is 2.01 bits per heavy atom. The van der Waals surface area contributed by atoms with Crippen molar-refractivity contribution in [3.8, 4) is 0 Å². The van der Waals surface area contributed by atoms with Gasteiger partial charge in [0.2, 0.25) is 5.78 Å². The third kappa shape index (κ3) is 12.0. The number of amides is 1. The molecule has 84 heavy (non-hydrogen) atoms. The number of quaternary nitrogens is 1. The molecule has 23 heteroatoms. The van der Waals surface area contributed by atoms with E-state index < -0.39 is 179 Å². The predicted octanol–water partition coefficient (Wildman–Crippen LogP) is 4.07. The second-order valence-electron chi connectivity index (χ2n) is 26.1. The van der Waals surface area contributed by atoms with Gasteiger partial charge in [-0.15, -0.1) is 0 Å². The van der Waals surface area contributed by atoms with Crippen LogP contribution in [-0.4, -0.2) is 185 Å². The number of aliphatic hydroxyl groups excluding tert-OH is 5. The predicted molar refractivity (Wildman–Crippen MR) is 297 cm³/mol. The Balaban J connectivity index is 1.01. The number of carbonyl (C=O) groups excluding carboxylic acids is 3. The summed E-state index contributed by atoms with van der Waals surface area (Å²) in [6.45, 7) is 19.8. The van der Waals surface area contributed by atoms with Gasteiger partial charge in [0.25, 0.3) is 0 Å². The normalized spacial score (nSPS) is 47.7. The number of alkyl carbamates (subject to hydrolysis) is 1. The van der Waals surface area contributed by atoms with E-state index in [4.69, 9.17) is 52.1 Å². The fraction of sp³-hybridized carbons (Fsp3) is 0.787. The molecule has 1 spiro atoms. The maximum absolute atomic E-state index is 15.6. The number of hydrogen-bond donors (Lipinski definition) is 8. The van der Waals surface area contributed by atoms with E-state index in [1.54, 1.807) is 39.8 Å². The number of allylic oxidation sites excluding steroid dienone is 3. The van der Waals surface area contributed by atoms with Crippen LogP contribution in [0.5, 0.6) is 0 Å². The smallest absolute Gasteiger partial charge is 0.407 e. The van der Waals surface area contributed by atoms with Gasteiger partial charge in [0.15, 0.2) is 36.3 Å². The molecule has 0 radical (unpaired) electrons. The minimum absolute atomic E-state index is 0.0143. The molecule has 1 saturated carbocycles. The van der Waals surface area contributed by atoms with Gasteiger partial charge in [-0.2, -0.15) is 0 Å². The number of nitrogens with one attached hydrogen (secondary N) is 2. The minimum atomic E-state index is -1.81. The number of ketones is 1. The van der Waals surface area contributed by atoms with Gasteiger partial charge in [-0.3, -0.25) is 4.79 Å². The van der Waals surface area contributed by atoms with Crippen molar-refractivity contribution in [3.63, 3.8) is 0 Å². The van der Waals surface area contributed by atoms with E-state index >= 15 is 4.79 Å². The molecule has 0 aromatic rings. The summed E-state index contributed by atoms with van der Waals surface area (Å²) >= 11 is 0. The monoisotopic (exact) mass is 1190 g/mol. The lowest BCUT2D eigenvalue weighted by Gasteiger charge is -2.56. The topological polar surface area (TPSA) is 314 Å². The SMILES string of the molecule is COC(=O)NC1C(C)OC(OC2CC=C(C)C3C=CC4C(OC5CC(OC6CC(O)C(OC7CC(O)C(OC)C(C)O7)C(C)O6)C(O)C(C)O5)C(C)CC(C)C4C3(C)C(O)=C3C(=O)OC4(CC(C)C(CO)=CC4C=C2C)C3=O)CC1(C)[NH+]([O-])O. The molecule has 8 N–H and O–H groups in total. The Morgan fingerprint density at radius 1 is 0.762 bits per heavy atom. The van der Waals surface area contributed by atoms with Crippen LogP contribution in [0.25, 0.3) is 0 Å². The van der Waals surface area contributed by atoms with Crippen molar-refractivity contribution >= 4 is 17.8 Å². The van der Waals surface area contributed by atoms with E-state index in [1.807, 2.05) is 39.8 Å². The summed E-state index contributed by atoms with van der Waals surface area (Å²) in [6.07, 6.45) is -3.13. The molecule has 28 unspecified atom stereocenters. The number of Topliss-reactive ketones (excluding diaryl/α,β-unsaturated/α-hetero) is 1. The first-order valence-corrected chi connectivity index (χ1v) is 30.1. The van der Waals surface area contributed by atoms with E-state index in [-0.39, 0.29) is 62.7 Å². The van der Waals surface area contributed by atoms with Crippen molar-refractivity contribution in [2.24, 2.45) is 46.8 Å². The van der Waals surface area contributed by atoms with Crippen LogP contribution in [0.15, 0.2) is 58.4 Å². The van der Waals surface area contributed by atoms with Gasteiger partial charge in [-0.1, -0.05) is 63.6 Å². The Morgan fingerprint density at radius 2 is 1.38 bits per heavy atom. The molecule has 6 fully saturated rings. The van der Waals surface area contributed by atoms with Crippen LogP contribution < -0.4 is 10.5 Å². The molecule has 1 amide bonds. The van der Waals surface area contributed by atoms with E-state index in [0.717, 1.165) is 5.57 Å². The van der Waals surface area contributed by atoms with Crippen molar-refractivity contribution < 1.29 is 102 Å². The first kappa shape index (κ1) is 64.7. The van der Waals surface area contributed by atoms with Crippen molar-refractivity contribution in [1.29, 1.82) is 0 Å². The van der Waals surface area contributed by atoms with E-state index in [1.165, 1.54) is 21.1 Å². The number of carbonyl (C=O) groups is 3. The summed E-state index contributed by atoms with van der Waals surface area (Å²) in [4.78, 5) is 42.7. The average molecular weight is 1190 g/mol. The van der Waals surface area contributed by atoms with Gasteiger partial charge in [-0.05, 0) is 96.1 Å². The fourth-order valence-corrected chi connectivity index (χ4v) is 15.9. The Labute approximate surface area is 492 Å². The lowest BCUT2D eigenvalue weighted by Crippen LogP contribution is -3.17. The summed E-state index contributed by atoms with van der Waals surface area (Å²) in [5.41, 5.74) is -3.10. The zero-order valence-electron chi connectivity index (χ0n) is 50.7. The van der Waals surface area contributed by atoms with Gasteiger partial charge >= 0.3 is 12.1 Å². The highest BCUT2D eigenvalue weighted by atomic mass is 16.8. The summed E-state index contributed by atoms with van der Waals surface area (Å²) in [5, 5.41) is 82.6. The quantitative estimate of drug-likeness (QED) is 0.0591. The summed E-state index contributed by atoms with van der Waals surface area (Å²) in [6, 6.07) is -0.982. The highest BCUT2D eigenvalue weighted by Gasteiger charge is 2.64. The zero-order chi connectivity index (χ0) is 61.2. The van der Waals surface area contributed by atoms with Crippen LogP contribution in [-0.2, 0) is 61.7 Å². The van der Waals surface area contributed by atoms with Crippen LogP contribution in [0.1, 0.15) is 121 Å². The standard InChI is InChI=1S/C61H92N2O21/c1-27-14-17-42(80-47-25-59(10,63(72)73)54(35(9)79-47)62-58(71)75-13)28(2)19-37-20-36(26-64)31(5)24-61(37)56(69)48(57(70)84-61)55(68)60(11)39(27)16-15-38-49(60)29(3)18-30(4)51(38)82-46-23-43(50(67)32(6)76-46)81-44-22-41(66)53(34(8)78-44)83-45-21-40(65)52(74-12)33(7)77-45/h14-16,19-20,29-35,37-47,49-54,63-68,72H,17-18,21-26H2,1-13H3,(H,62,71). The maximum atomic E-state index is 15.6. The van der Waals surface area contributed by atoms with Crippen LogP contribution in [0.3, 0.4) is 0 Å². The van der Waals surface area contributed by atoms with Gasteiger partial charge in [-0.25, -0.2) is 20.0 Å². The summed E-state index contributed by atoms with van der Waals surface area (Å²) < 4.78 is 68.1. The largest absolute Gasteiger partial charge is 0.600 e. The molecule has 0 aromatic heterocycles. The van der Waals surface area contributed by atoms with Crippen molar-refractivity contribution in [2.75, 3.05) is 20.8 Å². The molecule has 4 aliphatic carbocycles. The van der Waals surface area contributed by atoms with Crippen LogP contribution in [0, 0.1) is 52.0 Å². The molecule has 5 aliphatic heterocycles. The second-order valence-corrected chi connectivity index (χ2v) is 26.1. The molecule has 9 rings (SSSR count). The molecule has 5 heterocycles. The van der Waals surface area contributed by atoms with E-state index in [2.05, 4.69) is 25.2 Å². The first-order valence-electron chi connectivity index (χ1n) is 30.1. The summed E-state index contributed by atoms with van der Waals surface area (Å²) in [5.74, 6) is -5.01. The van der Waals surface area contributed by atoms with Gasteiger partial charge < -0.3 is 88.2 Å². The van der Waals surface area contributed by atoms with Crippen LogP contribution in [0.2, 0.25) is 0 Å². The molecule has 28 atom stereocenters. The molecule has 472 valence electrons. The molecular formula is C61H92N2O21. The van der Waals surface area contributed by atoms with Crippen LogP contribution in [0.4, 0.5) is 4.79 Å². The lowest BCUT2D eigenvalue weighted by atomic mass is 9.49. The lowest BCUT2D eigenvalue weighted by molar-refractivity contribution is -1.09. The highest BCUT2D eigenvalue weighted by Crippen LogP contribution is 2.61. The molecule has 9 aliphatic rings. The van der Waals surface area contributed by atoms with Crippen molar-refractivity contribution in [3.05, 3.63) is 63.6 Å². The van der Waals surface area contributed by atoms with Crippen molar-refractivity contribution in [1.82, 2.24) is 5.32 Å². The number of ether oxygens (including phenoxy) is 11. The molecular weight excluding hydrogens is 1100 g/mol. The molecule has 23 nitrogen and oxygen atoms in total. The third-order valence-electron chi connectivity index (χ3n) is 20.4. The van der Waals surface area contributed by atoms with Gasteiger partial charge in [0.1, 0.15) is 35.7 Å². The Kier molecular flexibility index (Phi) is 19.6. The molecule has 5 saturated heterocycles. The number of esters is 1. The van der Waals surface area contributed by atoms with E-state index in [9.17, 15) is 45.5 Å². The number of methoxy groups -OCH3 is 2. The molecule has 2 bridgehead atoms. The maximum Gasteiger partial charge on any atom is 0.407 e. The summed E-state index contributed by atoms with van der Waals surface area (Å²) in [7, 11) is 2.69. The number of aliphatic hydroxyl groups is 5. The number of fused-ring (bicyclic) bond motifs is 4. The van der Waals surface area contributed by atoms with Crippen molar-refractivity contribution in [2.45, 2.75) is 237 Å². The average Bonchev–Trinajstić information content (AvgIpc) is 2.80. The van der Waals surface area contributed by atoms with Gasteiger partial charge in [0, 0.05) is 56.0 Å². The Hall–Kier alpha value is -3.73. The Bertz CT molecular complexity index is 2550. The third-order valence-corrected chi connectivity index (χ3v) is 20.4. The number of rotatable bonds is 12. The first-order chi connectivity index (χ1) is 39.6. The van der Waals surface area contributed by atoms with Crippen LogP contribution >= 0.6 is 0 Å². The second kappa shape index (κ2) is 25.4. The minimum Gasteiger partial charge on any atom is -0.600 e. The van der Waals surface area contributed by atoms with Gasteiger partial charge in [0.05, 0.1) is 75.1 Å². The zero-order valence-corrected chi connectivity index (χ0v) is 50.7. The fourth-order valence-electron chi connectivity index (χ4n) is 15.9. The number of hydroxylamine groups is 2. The van der Waals surface area contributed by atoms with E-state index in [0.29, 0.717) is 17.6 Å². The number of hydrogen-bond acceptors (Lipinski definition) is 21. The highest BCUT2D eigenvalue weighted by molar-refractivity contribution is 6.26. The molecule has 0 aromatic carbocycles.